The smallest absolute Gasteiger partial charge is 0.410 e. The number of likely N-dealkylation sites (tertiary alicyclic amines) is 1. The molecule has 1 aromatic heterocycles. The molecule has 3 atom stereocenters. The number of amides is 3. The lowest BCUT2D eigenvalue weighted by Crippen LogP contribution is -2.59. The van der Waals surface area contributed by atoms with Crippen LogP contribution >= 0.6 is 11.3 Å². The van der Waals surface area contributed by atoms with Crippen LogP contribution in [0.15, 0.2) is 12.1 Å². The van der Waals surface area contributed by atoms with Gasteiger partial charge in [0.25, 0.3) is 0 Å². The zero-order valence-corrected chi connectivity index (χ0v) is 18.4. The molecule has 160 valence electrons. The molecule has 5 rings (SSSR count). The molecule has 3 aliphatic heterocycles. The third kappa shape index (κ3) is 3.07. The molecular weight excluding hydrogens is 404 g/mol. The molecule has 1 aromatic carbocycles. The van der Waals surface area contributed by atoms with E-state index >= 15 is 0 Å². The van der Waals surface area contributed by atoms with Crippen molar-refractivity contribution < 1.29 is 19.1 Å². The summed E-state index contributed by atoms with van der Waals surface area (Å²) < 4.78 is 12.3. The normalized spacial score (nSPS) is 25.7. The first-order valence-electron chi connectivity index (χ1n) is 10.4. The maximum atomic E-state index is 12.9. The van der Waals surface area contributed by atoms with Gasteiger partial charge in [-0.15, -0.1) is 0 Å². The van der Waals surface area contributed by atoms with Crippen molar-refractivity contribution in [2.45, 2.75) is 64.3 Å². The standard InChI is InChI=1S/C21H26N4O4S/c1-11-16-13(7-9-24(11)20(27)29-21(2,3)4)25(18(26)22-16)19-23-17-12-8-10-28-14(12)5-6-15(17)30-19/h5-6,11,13,16H,7-10H2,1-4H3,(H,22,26)/t11-,13-,16+/m0/s1. The predicted octanol–water partition coefficient (Wildman–Crippen LogP) is 3.53. The first-order valence-corrected chi connectivity index (χ1v) is 11.2. The number of nitrogens with one attached hydrogen (secondary N) is 1. The molecule has 3 amide bonds. The molecule has 3 aliphatic rings. The summed E-state index contributed by atoms with van der Waals surface area (Å²) in [6, 6.07) is 3.46. The van der Waals surface area contributed by atoms with Crippen LogP contribution in [0.1, 0.15) is 39.7 Å². The van der Waals surface area contributed by atoms with Crippen LogP contribution in [0.25, 0.3) is 10.2 Å². The third-order valence-corrected chi connectivity index (χ3v) is 7.01. The van der Waals surface area contributed by atoms with E-state index in [1.165, 1.54) is 11.3 Å². The summed E-state index contributed by atoms with van der Waals surface area (Å²) in [4.78, 5) is 33.9. The van der Waals surface area contributed by atoms with E-state index in [-0.39, 0.29) is 30.2 Å². The number of aromatic nitrogens is 1. The third-order valence-electron chi connectivity index (χ3n) is 5.99. The number of carbonyl (C=O) groups excluding carboxylic acids is 2. The summed E-state index contributed by atoms with van der Waals surface area (Å²) in [5, 5.41) is 3.78. The molecule has 8 nitrogen and oxygen atoms in total. The fraction of sp³-hybridized carbons (Fsp3) is 0.571. The molecule has 0 saturated carbocycles. The van der Waals surface area contributed by atoms with Crippen LogP contribution in [0, 0.1) is 0 Å². The molecule has 2 fully saturated rings. The number of fused-ring (bicyclic) bond motifs is 4. The van der Waals surface area contributed by atoms with Crippen LogP contribution in [0.3, 0.4) is 0 Å². The highest BCUT2D eigenvalue weighted by Crippen LogP contribution is 2.40. The number of nitrogens with zero attached hydrogens (tertiary/aromatic N) is 3. The van der Waals surface area contributed by atoms with Crippen molar-refractivity contribution in [3.8, 4) is 5.75 Å². The molecule has 0 aliphatic carbocycles. The zero-order valence-electron chi connectivity index (χ0n) is 17.6. The van der Waals surface area contributed by atoms with Gasteiger partial charge in [-0.25, -0.2) is 14.6 Å². The molecule has 0 radical (unpaired) electrons. The number of hydrogen-bond donors (Lipinski definition) is 1. The summed E-state index contributed by atoms with van der Waals surface area (Å²) in [7, 11) is 0. The molecule has 4 heterocycles. The number of carbonyl (C=O) groups is 2. The minimum Gasteiger partial charge on any atom is -0.493 e. The first kappa shape index (κ1) is 19.4. The Balaban J connectivity index is 1.41. The summed E-state index contributed by atoms with van der Waals surface area (Å²) in [6.07, 6.45) is 1.18. The number of ether oxygens (including phenoxy) is 2. The Bertz CT molecular complexity index is 1030. The quantitative estimate of drug-likeness (QED) is 0.748. The van der Waals surface area contributed by atoms with Crippen LogP contribution in [-0.4, -0.2) is 58.9 Å². The van der Waals surface area contributed by atoms with Crippen molar-refractivity contribution >= 4 is 38.8 Å². The molecule has 0 bridgehead atoms. The Morgan fingerprint density at radius 3 is 2.93 bits per heavy atom. The van der Waals surface area contributed by atoms with E-state index in [0.717, 1.165) is 28.0 Å². The highest BCUT2D eigenvalue weighted by Gasteiger charge is 2.49. The highest BCUT2D eigenvalue weighted by molar-refractivity contribution is 7.22. The van der Waals surface area contributed by atoms with E-state index in [0.29, 0.717) is 24.7 Å². The number of hydrogen-bond acceptors (Lipinski definition) is 6. The Labute approximate surface area is 179 Å². The Hall–Kier alpha value is -2.55. The summed E-state index contributed by atoms with van der Waals surface area (Å²) in [5.74, 6) is 0.891. The van der Waals surface area contributed by atoms with Gasteiger partial charge in [0.2, 0.25) is 0 Å². The average molecular weight is 431 g/mol. The molecule has 2 aromatic rings. The van der Waals surface area contributed by atoms with Crippen molar-refractivity contribution in [1.29, 1.82) is 0 Å². The van der Waals surface area contributed by atoms with Crippen molar-refractivity contribution in [3.05, 3.63) is 17.7 Å². The van der Waals surface area contributed by atoms with Crippen molar-refractivity contribution in [2.75, 3.05) is 18.1 Å². The number of benzene rings is 1. The SMILES string of the molecule is C[C@H]1[C@H]2NC(=O)N(c3nc4c5c(ccc4s3)OCC5)[C@H]2CCN1C(=O)OC(C)(C)C. The van der Waals surface area contributed by atoms with Gasteiger partial charge in [0, 0.05) is 18.5 Å². The van der Waals surface area contributed by atoms with Crippen LogP contribution in [0.4, 0.5) is 14.7 Å². The maximum absolute atomic E-state index is 12.9. The van der Waals surface area contributed by atoms with Gasteiger partial charge in [-0.3, -0.25) is 4.90 Å². The fourth-order valence-corrected chi connectivity index (χ4v) is 5.66. The Morgan fingerprint density at radius 2 is 2.17 bits per heavy atom. The second kappa shape index (κ2) is 6.73. The zero-order chi connectivity index (χ0) is 21.2. The van der Waals surface area contributed by atoms with Gasteiger partial charge < -0.3 is 19.7 Å². The maximum Gasteiger partial charge on any atom is 0.410 e. The molecule has 0 spiro atoms. The Kier molecular flexibility index (Phi) is 4.36. The van der Waals surface area contributed by atoms with Crippen LogP contribution in [0.2, 0.25) is 0 Å². The van der Waals surface area contributed by atoms with Gasteiger partial charge in [-0.05, 0) is 46.2 Å². The predicted molar refractivity (Wildman–Crippen MR) is 114 cm³/mol. The van der Waals surface area contributed by atoms with Crippen LogP contribution in [0.5, 0.6) is 5.75 Å². The average Bonchev–Trinajstić information content (AvgIpc) is 3.35. The fourth-order valence-electron chi connectivity index (χ4n) is 4.61. The topological polar surface area (TPSA) is 84.0 Å². The van der Waals surface area contributed by atoms with E-state index in [2.05, 4.69) is 5.32 Å². The van der Waals surface area contributed by atoms with Crippen molar-refractivity contribution in [3.63, 3.8) is 0 Å². The number of thiazole rings is 1. The van der Waals surface area contributed by atoms with E-state index in [1.54, 1.807) is 9.80 Å². The number of rotatable bonds is 1. The summed E-state index contributed by atoms with van der Waals surface area (Å²) >= 11 is 1.53. The van der Waals surface area contributed by atoms with Gasteiger partial charge in [0.1, 0.15) is 11.4 Å². The van der Waals surface area contributed by atoms with E-state index in [1.807, 2.05) is 39.8 Å². The lowest BCUT2D eigenvalue weighted by Gasteiger charge is -2.41. The minimum absolute atomic E-state index is 0.0453. The van der Waals surface area contributed by atoms with E-state index in [9.17, 15) is 9.59 Å². The van der Waals surface area contributed by atoms with Crippen LogP contribution in [-0.2, 0) is 11.2 Å². The van der Waals surface area contributed by atoms with Gasteiger partial charge in [0.15, 0.2) is 5.13 Å². The van der Waals surface area contributed by atoms with Crippen LogP contribution < -0.4 is 15.0 Å². The highest BCUT2D eigenvalue weighted by atomic mass is 32.1. The molecule has 9 heteroatoms. The minimum atomic E-state index is -0.552. The Morgan fingerprint density at radius 1 is 1.37 bits per heavy atom. The molecular formula is C21H26N4O4S. The molecule has 0 unspecified atom stereocenters. The second-order valence-corrected chi connectivity index (χ2v) is 10.1. The number of urea groups is 1. The first-order chi connectivity index (χ1) is 14.2. The van der Waals surface area contributed by atoms with Gasteiger partial charge in [-0.2, -0.15) is 0 Å². The van der Waals surface area contributed by atoms with E-state index in [4.69, 9.17) is 14.5 Å². The number of piperidine rings is 1. The van der Waals surface area contributed by atoms with Gasteiger partial charge in [0.05, 0.1) is 34.9 Å². The van der Waals surface area contributed by atoms with Crippen molar-refractivity contribution in [2.24, 2.45) is 0 Å². The van der Waals surface area contributed by atoms with E-state index < -0.39 is 5.60 Å². The summed E-state index contributed by atoms with van der Waals surface area (Å²) in [6.45, 7) is 8.75. The molecule has 2 saturated heterocycles. The van der Waals surface area contributed by atoms with Gasteiger partial charge >= 0.3 is 12.1 Å². The molecule has 30 heavy (non-hydrogen) atoms. The number of anilines is 1. The largest absolute Gasteiger partial charge is 0.493 e. The lowest BCUT2D eigenvalue weighted by molar-refractivity contribution is 0.00750. The second-order valence-electron chi connectivity index (χ2n) is 9.10. The monoisotopic (exact) mass is 430 g/mol. The van der Waals surface area contributed by atoms with Gasteiger partial charge in [-0.1, -0.05) is 11.3 Å². The summed E-state index contributed by atoms with van der Waals surface area (Å²) in [5.41, 5.74) is 1.50. The lowest BCUT2D eigenvalue weighted by atomic mass is 9.93. The molecule has 1 N–H and O–H groups in total. The van der Waals surface area contributed by atoms with Crippen molar-refractivity contribution in [1.82, 2.24) is 15.2 Å².